The van der Waals surface area contributed by atoms with E-state index in [1.54, 1.807) is 0 Å². The lowest BCUT2D eigenvalue weighted by Crippen LogP contribution is -2.52. The van der Waals surface area contributed by atoms with Crippen LogP contribution < -0.4 is 16.6 Å². The van der Waals surface area contributed by atoms with Gasteiger partial charge >= 0.3 is 6.18 Å². The Morgan fingerprint density at radius 1 is 1.27 bits per heavy atom. The van der Waals surface area contributed by atoms with Crippen molar-refractivity contribution in [3.63, 3.8) is 0 Å². The molecule has 0 saturated heterocycles. The minimum atomic E-state index is -4.60. The van der Waals surface area contributed by atoms with Gasteiger partial charge in [0.1, 0.15) is 5.69 Å². The Kier molecular flexibility index (Phi) is 5.64. The summed E-state index contributed by atoms with van der Waals surface area (Å²) in [6.07, 6.45) is -0.598. The van der Waals surface area contributed by atoms with Crippen molar-refractivity contribution in [1.82, 2.24) is 4.98 Å². The van der Waals surface area contributed by atoms with Crippen molar-refractivity contribution in [3.8, 4) is 0 Å². The molecule has 0 unspecified atom stereocenters. The molecule has 1 aliphatic rings. The topological polar surface area (TPSA) is 88.0 Å². The summed E-state index contributed by atoms with van der Waals surface area (Å²) in [6, 6.07) is 0.614. The van der Waals surface area contributed by atoms with Crippen LogP contribution in [-0.2, 0) is 11.0 Å². The summed E-state index contributed by atoms with van der Waals surface area (Å²) in [4.78, 5) is 25.6. The maximum absolute atomic E-state index is 12.6. The fourth-order valence-corrected chi connectivity index (χ4v) is 2.40. The number of amides is 1. The third-order valence-corrected chi connectivity index (χ3v) is 3.68. The number of anilines is 1. The minimum Gasteiger partial charge on any atom is -0.327 e. The molecule has 4 N–H and O–H groups in total. The zero-order valence-electron chi connectivity index (χ0n) is 11.6. The average molecular weight is 340 g/mol. The van der Waals surface area contributed by atoms with E-state index in [0.717, 1.165) is 19.3 Å². The molecular weight excluding hydrogens is 323 g/mol. The van der Waals surface area contributed by atoms with Crippen molar-refractivity contribution < 1.29 is 18.0 Å². The average Bonchev–Trinajstić information content (AvgIpc) is 2.40. The number of alkyl halides is 3. The van der Waals surface area contributed by atoms with Crippen LogP contribution in [0.3, 0.4) is 0 Å². The Labute approximate surface area is 130 Å². The van der Waals surface area contributed by atoms with Gasteiger partial charge in [-0.25, -0.2) is 0 Å². The highest BCUT2D eigenvalue weighted by Gasteiger charge is 2.36. The van der Waals surface area contributed by atoms with Crippen LogP contribution in [0.1, 0.15) is 37.7 Å². The Morgan fingerprint density at radius 2 is 1.86 bits per heavy atom. The fourth-order valence-electron chi connectivity index (χ4n) is 2.40. The van der Waals surface area contributed by atoms with E-state index in [2.05, 4.69) is 5.32 Å². The van der Waals surface area contributed by atoms with Gasteiger partial charge in [0.25, 0.3) is 5.56 Å². The number of halogens is 4. The number of hydrogen-bond acceptors (Lipinski definition) is 3. The van der Waals surface area contributed by atoms with E-state index in [-0.39, 0.29) is 12.4 Å². The van der Waals surface area contributed by atoms with Gasteiger partial charge in [-0.15, -0.1) is 12.4 Å². The number of aromatic nitrogens is 1. The largest absolute Gasteiger partial charge is 0.417 e. The van der Waals surface area contributed by atoms with Gasteiger partial charge in [-0.3, -0.25) is 9.59 Å². The minimum absolute atomic E-state index is 0. The smallest absolute Gasteiger partial charge is 0.327 e. The zero-order chi connectivity index (χ0) is 15.7. The van der Waals surface area contributed by atoms with Crippen LogP contribution in [0.2, 0.25) is 0 Å². The molecular formula is C13H17ClF3N3O2. The zero-order valence-corrected chi connectivity index (χ0v) is 12.4. The van der Waals surface area contributed by atoms with Crippen LogP contribution in [0.4, 0.5) is 18.9 Å². The predicted octanol–water partition coefficient (Wildman–Crippen LogP) is 2.42. The highest BCUT2D eigenvalue weighted by atomic mass is 35.5. The number of aromatic amines is 1. The highest BCUT2D eigenvalue weighted by molar-refractivity contribution is 5.97. The van der Waals surface area contributed by atoms with E-state index in [9.17, 15) is 22.8 Å². The molecule has 124 valence electrons. The summed E-state index contributed by atoms with van der Waals surface area (Å²) < 4.78 is 37.8. The Bertz CT molecular complexity index is 595. The first-order valence-corrected chi connectivity index (χ1v) is 6.63. The number of pyridine rings is 1. The molecule has 1 aromatic rings. The molecule has 0 spiro atoms. The quantitative estimate of drug-likeness (QED) is 0.773. The molecule has 0 aromatic carbocycles. The standard InChI is InChI=1S/C13H16F3N3O2.ClH/c14-13(15,16)8-6-9(10(20)18-7-8)19-11(21)12(17)4-2-1-3-5-12;/h6-7H,1-5,17H2,(H,18,20)(H,19,21);1H. The molecule has 5 nitrogen and oxygen atoms in total. The molecule has 2 rings (SSSR count). The lowest BCUT2D eigenvalue weighted by molar-refractivity contribution is -0.137. The van der Waals surface area contributed by atoms with Crippen LogP contribution in [0.5, 0.6) is 0 Å². The molecule has 9 heteroatoms. The fraction of sp³-hybridized carbons (Fsp3) is 0.538. The number of nitrogens with two attached hydrogens (primary N) is 1. The van der Waals surface area contributed by atoms with Gasteiger partial charge in [-0.05, 0) is 18.9 Å². The van der Waals surface area contributed by atoms with Gasteiger partial charge in [-0.2, -0.15) is 13.2 Å². The van der Waals surface area contributed by atoms with Crippen molar-refractivity contribution in [1.29, 1.82) is 0 Å². The highest BCUT2D eigenvalue weighted by Crippen LogP contribution is 2.30. The lowest BCUT2D eigenvalue weighted by Gasteiger charge is -2.31. The van der Waals surface area contributed by atoms with Crippen molar-refractivity contribution in [3.05, 3.63) is 28.2 Å². The second-order valence-electron chi connectivity index (χ2n) is 5.30. The monoisotopic (exact) mass is 339 g/mol. The molecule has 1 saturated carbocycles. The number of nitrogens with one attached hydrogen (secondary N) is 2. The number of carbonyl (C=O) groups excluding carboxylic acids is 1. The van der Waals surface area contributed by atoms with Gasteiger partial charge in [0.05, 0.1) is 11.1 Å². The maximum Gasteiger partial charge on any atom is 0.417 e. The summed E-state index contributed by atoms with van der Waals surface area (Å²) >= 11 is 0. The van der Waals surface area contributed by atoms with E-state index < -0.39 is 34.4 Å². The molecule has 1 aliphatic carbocycles. The number of H-pyrrole nitrogens is 1. The van der Waals surface area contributed by atoms with E-state index in [4.69, 9.17) is 5.73 Å². The molecule has 1 fully saturated rings. The van der Waals surface area contributed by atoms with Crippen molar-refractivity contribution in [2.75, 3.05) is 5.32 Å². The molecule has 22 heavy (non-hydrogen) atoms. The summed E-state index contributed by atoms with van der Waals surface area (Å²) in [6.45, 7) is 0. The van der Waals surface area contributed by atoms with Crippen LogP contribution in [0.15, 0.2) is 17.1 Å². The molecule has 0 aliphatic heterocycles. The van der Waals surface area contributed by atoms with Gasteiger partial charge in [0, 0.05) is 6.20 Å². The molecule has 0 atom stereocenters. The third kappa shape index (κ3) is 4.01. The van der Waals surface area contributed by atoms with E-state index >= 15 is 0 Å². The van der Waals surface area contributed by atoms with Crippen LogP contribution >= 0.6 is 12.4 Å². The summed E-state index contributed by atoms with van der Waals surface area (Å²) in [5.74, 6) is -0.618. The first kappa shape index (κ1) is 18.5. The SMILES string of the molecule is Cl.NC1(C(=O)Nc2cc(C(F)(F)F)c[nH]c2=O)CCCCC1. The number of hydrogen-bond donors (Lipinski definition) is 3. The third-order valence-electron chi connectivity index (χ3n) is 3.68. The molecule has 1 aromatic heterocycles. The summed E-state index contributed by atoms with van der Waals surface area (Å²) in [5, 5.41) is 2.23. The van der Waals surface area contributed by atoms with Crippen LogP contribution in [0, 0.1) is 0 Å². The second kappa shape index (κ2) is 6.70. The lowest BCUT2D eigenvalue weighted by atomic mass is 9.82. The normalized spacial score (nSPS) is 17.5. The van der Waals surface area contributed by atoms with Crippen LogP contribution in [-0.4, -0.2) is 16.4 Å². The molecule has 1 heterocycles. The molecule has 0 bridgehead atoms. The van der Waals surface area contributed by atoms with E-state index in [1.165, 1.54) is 0 Å². The summed E-state index contributed by atoms with van der Waals surface area (Å²) in [7, 11) is 0. The number of carbonyl (C=O) groups is 1. The molecule has 1 amide bonds. The van der Waals surface area contributed by atoms with Gasteiger partial charge in [-0.1, -0.05) is 19.3 Å². The first-order chi connectivity index (χ1) is 9.72. The van der Waals surface area contributed by atoms with E-state index in [1.807, 2.05) is 4.98 Å². The predicted molar refractivity (Wildman–Crippen MR) is 77.9 cm³/mol. The summed E-state index contributed by atoms with van der Waals surface area (Å²) in [5.41, 5.74) is 2.58. The number of rotatable bonds is 2. The van der Waals surface area contributed by atoms with Crippen molar-refractivity contribution >= 4 is 24.0 Å². The Hall–Kier alpha value is -1.54. The van der Waals surface area contributed by atoms with Crippen molar-refractivity contribution in [2.45, 2.75) is 43.8 Å². The van der Waals surface area contributed by atoms with Crippen molar-refractivity contribution in [2.24, 2.45) is 5.73 Å². The Balaban J connectivity index is 0.00000242. The van der Waals surface area contributed by atoms with Gasteiger partial charge in [0.15, 0.2) is 0 Å². The first-order valence-electron chi connectivity index (χ1n) is 6.63. The van der Waals surface area contributed by atoms with Gasteiger partial charge < -0.3 is 16.0 Å². The van der Waals surface area contributed by atoms with Crippen LogP contribution in [0.25, 0.3) is 0 Å². The molecule has 0 radical (unpaired) electrons. The van der Waals surface area contributed by atoms with Gasteiger partial charge in [0.2, 0.25) is 5.91 Å². The van der Waals surface area contributed by atoms with E-state index in [0.29, 0.717) is 25.1 Å². The maximum atomic E-state index is 12.6. The Morgan fingerprint density at radius 3 is 2.41 bits per heavy atom. The second-order valence-corrected chi connectivity index (χ2v) is 5.30.